The van der Waals surface area contributed by atoms with Crippen LogP contribution in [0.4, 0.5) is 0 Å². The van der Waals surface area contributed by atoms with Crippen molar-refractivity contribution in [2.24, 2.45) is 5.92 Å². The van der Waals surface area contributed by atoms with Gasteiger partial charge in [-0.25, -0.2) is 0 Å². The van der Waals surface area contributed by atoms with Gasteiger partial charge >= 0.3 is 0 Å². The van der Waals surface area contributed by atoms with E-state index in [1.165, 1.54) is 49.8 Å². The van der Waals surface area contributed by atoms with E-state index in [0.29, 0.717) is 18.1 Å². The molecular formula is C18H29NOS. The fourth-order valence-corrected chi connectivity index (χ4v) is 4.97. The number of rotatable bonds is 5. The summed E-state index contributed by atoms with van der Waals surface area (Å²) in [5.74, 6) is 0.619. The Kier molecular flexibility index (Phi) is 5.03. The first-order valence-electron chi connectivity index (χ1n) is 8.63. The Labute approximate surface area is 133 Å². The molecule has 3 heteroatoms. The number of thiophene rings is 1. The zero-order valence-corrected chi connectivity index (χ0v) is 14.3. The fraction of sp³-hybridized carbons (Fsp3) is 0.778. The maximum Gasteiger partial charge on any atom is 0.0708 e. The van der Waals surface area contributed by atoms with Gasteiger partial charge in [0.05, 0.1) is 11.7 Å². The quantitative estimate of drug-likeness (QED) is 0.834. The van der Waals surface area contributed by atoms with Gasteiger partial charge < -0.3 is 10.1 Å². The third kappa shape index (κ3) is 3.69. The smallest absolute Gasteiger partial charge is 0.0708 e. The van der Waals surface area contributed by atoms with Crippen molar-refractivity contribution in [2.45, 2.75) is 76.5 Å². The summed E-state index contributed by atoms with van der Waals surface area (Å²) in [5.41, 5.74) is 0.251. The van der Waals surface area contributed by atoms with E-state index in [1.54, 1.807) is 0 Å². The van der Waals surface area contributed by atoms with Crippen LogP contribution in [-0.2, 0) is 4.74 Å². The van der Waals surface area contributed by atoms with Crippen molar-refractivity contribution >= 4 is 11.3 Å². The van der Waals surface area contributed by atoms with Crippen molar-refractivity contribution in [3.8, 4) is 0 Å². The molecule has 2 heterocycles. The van der Waals surface area contributed by atoms with Crippen molar-refractivity contribution in [1.29, 1.82) is 0 Å². The van der Waals surface area contributed by atoms with Crippen molar-refractivity contribution in [2.75, 3.05) is 6.54 Å². The predicted molar refractivity (Wildman–Crippen MR) is 89.8 cm³/mol. The van der Waals surface area contributed by atoms with Gasteiger partial charge in [-0.1, -0.05) is 39.2 Å². The standard InChI is InChI=1S/C18H29NOS/c1-14(2)17(16-7-6-12-21-16)19-13-15-8-11-18(20-15)9-4-3-5-10-18/h6-7,12,14-15,17,19H,3-5,8-11,13H2,1-2H3. The first-order chi connectivity index (χ1) is 10.2. The monoisotopic (exact) mass is 307 g/mol. The van der Waals surface area contributed by atoms with Crippen molar-refractivity contribution < 1.29 is 4.74 Å². The SMILES string of the molecule is CC(C)C(NCC1CCC2(CCCCC2)O1)c1cccs1. The van der Waals surface area contributed by atoms with Crippen LogP contribution in [0.25, 0.3) is 0 Å². The highest BCUT2D eigenvalue weighted by Gasteiger charge is 2.40. The van der Waals surface area contributed by atoms with Gasteiger partial charge in [0.15, 0.2) is 0 Å². The maximum absolute atomic E-state index is 6.48. The molecule has 3 rings (SSSR count). The molecule has 1 aliphatic carbocycles. The van der Waals surface area contributed by atoms with E-state index in [0.717, 1.165) is 6.54 Å². The molecule has 1 N–H and O–H groups in total. The molecule has 0 amide bonds. The van der Waals surface area contributed by atoms with Gasteiger partial charge in [-0.3, -0.25) is 0 Å². The second-order valence-corrected chi connectivity index (χ2v) is 8.15. The molecule has 0 radical (unpaired) electrons. The van der Waals surface area contributed by atoms with Gasteiger partial charge in [-0.15, -0.1) is 11.3 Å². The molecule has 1 spiro atoms. The second-order valence-electron chi connectivity index (χ2n) is 7.17. The third-order valence-corrected chi connectivity index (χ3v) is 6.14. The Morgan fingerprint density at radius 1 is 1.29 bits per heavy atom. The average Bonchev–Trinajstić information content (AvgIpc) is 3.11. The summed E-state index contributed by atoms with van der Waals surface area (Å²) in [6, 6.07) is 4.87. The molecule has 1 saturated heterocycles. The van der Waals surface area contributed by atoms with E-state index < -0.39 is 0 Å². The van der Waals surface area contributed by atoms with Crippen LogP contribution in [0.1, 0.15) is 69.7 Å². The molecule has 118 valence electrons. The van der Waals surface area contributed by atoms with Crippen LogP contribution < -0.4 is 5.32 Å². The Bertz CT molecular complexity index is 422. The van der Waals surface area contributed by atoms with Crippen LogP contribution in [0.5, 0.6) is 0 Å². The summed E-state index contributed by atoms with van der Waals surface area (Å²) in [6.07, 6.45) is 9.66. The Hall–Kier alpha value is -0.380. The number of hydrogen-bond acceptors (Lipinski definition) is 3. The van der Waals surface area contributed by atoms with Crippen LogP contribution in [0.3, 0.4) is 0 Å². The fourth-order valence-electron chi connectivity index (χ4n) is 3.99. The van der Waals surface area contributed by atoms with Gasteiger partial charge in [0.25, 0.3) is 0 Å². The maximum atomic E-state index is 6.48. The molecule has 0 bridgehead atoms. The van der Waals surface area contributed by atoms with Gasteiger partial charge in [0.1, 0.15) is 0 Å². The zero-order valence-electron chi connectivity index (χ0n) is 13.4. The summed E-state index contributed by atoms with van der Waals surface area (Å²) in [7, 11) is 0. The Morgan fingerprint density at radius 2 is 2.10 bits per heavy atom. The lowest BCUT2D eigenvalue weighted by molar-refractivity contribution is -0.0632. The zero-order chi connectivity index (χ0) is 14.7. The topological polar surface area (TPSA) is 21.3 Å². The lowest BCUT2D eigenvalue weighted by Crippen LogP contribution is -2.36. The van der Waals surface area contributed by atoms with Crippen LogP contribution in [0.2, 0.25) is 0 Å². The highest BCUT2D eigenvalue weighted by atomic mass is 32.1. The lowest BCUT2D eigenvalue weighted by Gasteiger charge is -2.33. The van der Waals surface area contributed by atoms with E-state index in [1.807, 2.05) is 11.3 Å². The number of ether oxygens (including phenoxy) is 1. The average molecular weight is 308 g/mol. The van der Waals surface area contributed by atoms with Crippen molar-refractivity contribution in [3.05, 3.63) is 22.4 Å². The van der Waals surface area contributed by atoms with Crippen LogP contribution >= 0.6 is 11.3 Å². The van der Waals surface area contributed by atoms with E-state index in [2.05, 4.69) is 36.7 Å². The number of nitrogens with one attached hydrogen (secondary N) is 1. The minimum absolute atomic E-state index is 0.251. The molecule has 0 aromatic carbocycles. The summed E-state index contributed by atoms with van der Waals surface area (Å²) in [4.78, 5) is 1.45. The summed E-state index contributed by atoms with van der Waals surface area (Å²) in [6.45, 7) is 5.60. The van der Waals surface area contributed by atoms with Gasteiger partial charge in [0, 0.05) is 17.5 Å². The first-order valence-corrected chi connectivity index (χ1v) is 9.51. The second kappa shape index (κ2) is 6.80. The van der Waals surface area contributed by atoms with E-state index in [-0.39, 0.29) is 5.60 Å². The minimum atomic E-state index is 0.251. The van der Waals surface area contributed by atoms with Crippen molar-refractivity contribution in [1.82, 2.24) is 5.32 Å². The highest BCUT2D eigenvalue weighted by Crippen LogP contribution is 2.41. The van der Waals surface area contributed by atoms with Crippen LogP contribution in [0.15, 0.2) is 17.5 Å². The molecule has 2 atom stereocenters. The molecule has 1 aromatic heterocycles. The van der Waals surface area contributed by atoms with Crippen LogP contribution in [-0.4, -0.2) is 18.2 Å². The van der Waals surface area contributed by atoms with E-state index in [4.69, 9.17) is 4.74 Å². The molecule has 2 unspecified atom stereocenters. The van der Waals surface area contributed by atoms with E-state index >= 15 is 0 Å². The summed E-state index contributed by atoms with van der Waals surface area (Å²) >= 11 is 1.86. The highest BCUT2D eigenvalue weighted by molar-refractivity contribution is 7.10. The number of hydrogen-bond donors (Lipinski definition) is 1. The molecule has 1 aromatic rings. The molecule has 21 heavy (non-hydrogen) atoms. The third-order valence-electron chi connectivity index (χ3n) is 5.19. The minimum Gasteiger partial charge on any atom is -0.370 e. The molecule has 1 aliphatic heterocycles. The lowest BCUT2D eigenvalue weighted by atomic mass is 9.83. The van der Waals surface area contributed by atoms with Gasteiger partial charge in [-0.2, -0.15) is 0 Å². The van der Waals surface area contributed by atoms with Crippen molar-refractivity contribution in [3.63, 3.8) is 0 Å². The Balaban J connectivity index is 1.53. The largest absolute Gasteiger partial charge is 0.370 e. The normalized spacial score (nSPS) is 26.5. The van der Waals surface area contributed by atoms with Crippen LogP contribution in [0, 0.1) is 5.92 Å². The molecular weight excluding hydrogens is 278 g/mol. The molecule has 1 saturated carbocycles. The summed E-state index contributed by atoms with van der Waals surface area (Å²) in [5, 5.41) is 5.95. The molecule has 2 nitrogen and oxygen atoms in total. The van der Waals surface area contributed by atoms with Gasteiger partial charge in [0.2, 0.25) is 0 Å². The predicted octanol–water partition coefficient (Wildman–Crippen LogP) is 4.92. The van der Waals surface area contributed by atoms with Gasteiger partial charge in [-0.05, 0) is 43.0 Å². The Morgan fingerprint density at radius 3 is 2.76 bits per heavy atom. The van der Waals surface area contributed by atoms with E-state index in [9.17, 15) is 0 Å². The summed E-state index contributed by atoms with van der Waals surface area (Å²) < 4.78 is 6.48. The molecule has 2 aliphatic rings. The molecule has 2 fully saturated rings. The first kappa shape index (κ1) is 15.5.